The number of halogens is 3. The smallest absolute Gasteiger partial charge is 0.360 e. The SMILES string of the molecule is CCNC(=NCc1ccc(N2CCNC(=O)C2)cc1)NCc1nc(C(F)(F)F)cs1. The van der Waals surface area contributed by atoms with Gasteiger partial charge in [0.05, 0.1) is 19.6 Å². The molecule has 2 aromatic rings. The maximum atomic E-state index is 12.7. The number of rotatable bonds is 6. The highest BCUT2D eigenvalue weighted by Gasteiger charge is 2.33. The normalized spacial score (nSPS) is 15.1. The van der Waals surface area contributed by atoms with Gasteiger partial charge in [0.15, 0.2) is 11.7 Å². The maximum Gasteiger partial charge on any atom is 0.434 e. The number of nitrogens with one attached hydrogen (secondary N) is 3. The predicted octanol–water partition coefficient (Wildman–Crippen LogP) is 2.35. The molecule has 1 fully saturated rings. The number of guanidine groups is 1. The molecule has 162 valence electrons. The third-order valence-electron chi connectivity index (χ3n) is 4.35. The Morgan fingerprint density at radius 2 is 2.07 bits per heavy atom. The fourth-order valence-electron chi connectivity index (χ4n) is 2.86. The number of anilines is 1. The van der Waals surface area contributed by atoms with Gasteiger partial charge in [0.25, 0.3) is 0 Å². The van der Waals surface area contributed by atoms with Gasteiger partial charge in [-0.3, -0.25) is 4.79 Å². The van der Waals surface area contributed by atoms with E-state index in [2.05, 4.69) is 25.9 Å². The van der Waals surface area contributed by atoms with Crippen LogP contribution in [-0.4, -0.2) is 43.0 Å². The quantitative estimate of drug-likeness (QED) is 0.475. The summed E-state index contributed by atoms with van der Waals surface area (Å²) in [6.45, 7) is 4.83. The zero-order valence-corrected chi connectivity index (χ0v) is 17.2. The number of nitrogens with zero attached hydrogens (tertiary/aromatic N) is 3. The maximum absolute atomic E-state index is 12.7. The minimum atomic E-state index is -4.43. The third kappa shape index (κ3) is 6.09. The molecule has 11 heteroatoms. The highest BCUT2D eigenvalue weighted by atomic mass is 32.1. The van der Waals surface area contributed by atoms with Crippen molar-refractivity contribution in [1.29, 1.82) is 0 Å². The van der Waals surface area contributed by atoms with E-state index in [-0.39, 0.29) is 12.5 Å². The molecule has 3 rings (SSSR count). The number of amides is 1. The molecule has 1 aliphatic rings. The molecule has 0 bridgehead atoms. The van der Waals surface area contributed by atoms with Crippen molar-refractivity contribution in [2.45, 2.75) is 26.2 Å². The van der Waals surface area contributed by atoms with Crippen LogP contribution >= 0.6 is 11.3 Å². The van der Waals surface area contributed by atoms with Gasteiger partial charge >= 0.3 is 6.18 Å². The van der Waals surface area contributed by atoms with Crippen LogP contribution in [0, 0.1) is 0 Å². The van der Waals surface area contributed by atoms with Crippen LogP contribution in [0.15, 0.2) is 34.6 Å². The summed E-state index contributed by atoms with van der Waals surface area (Å²) in [5, 5.41) is 10.2. The van der Waals surface area contributed by atoms with E-state index >= 15 is 0 Å². The van der Waals surface area contributed by atoms with Gasteiger partial charge in [0.1, 0.15) is 5.01 Å². The van der Waals surface area contributed by atoms with Crippen molar-refractivity contribution < 1.29 is 18.0 Å². The third-order valence-corrected chi connectivity index (χ3v) is 5.20. The molecule has 0 radical (unpaired) electrons. The molecule has 30 heavy (non-hydrogen) atoms. The summed E-state index contributed by atoms with van der Waals surface area (Å²) >= 11 is 0.957. The number of carbonyl (C=O) groups excluding carboxylic acids is 1. The molecular weight excluding hydrogens is 417 g/mol. The number of aliphatic imine (C=N–C) groups is 1. The van der Waals surface area contributed by atoms with Crippen LogP contribution in [0.3, 0.4) is 0 Å². The minimum Gasteiger partial charge on any atom is -0.360 e. The van der Waals surface area contributed by atoms with Crippen LogP contribution in [0.2, 0.25) is 0 Å². The Kier molecular flexibility index (Phi) is 7.14. The Hall–Kier alpha value is -2.82. The molecule has 1 aliphatic heterocycles. The van der Waals surface area contributed by atoms with Crippen molar-refractivity contribution >= 4 is 28.9 Å². The van der Waals surface area contributed by atoms with Gasteiger partial charge in [0, 0.05) is 30.7 Å². The van der Waals surface area contributed by atoms with Crippen molar-refractivity contribution in [3.63, 3.8) is 0 Å². The highest BCUT2D eigenvalue weighted by molar-refractivity contribution is 7.09. The Morgan fingerprint density at radius 1 is 1.30 bits per heavy atom. The van der Waals surface area contributed by atoms with E-state index in [1.807, 2.05) is 36.1 Å². The van der Waals surface area contributed by atoms with Crippen LogP contribution in [0.5, 0.6) is 0 Å². The fourth-order valence-corrected chi connectivity index (χ4v) is 3.61. The largest absolute Gasteiger partial charge is 0.434 e. The van der Waals surface area contributed by atoms with Gasteiger partial charge in [0.2, 0.25) is 5.91 Å². The van der Waals surface area contributed by atoms with Crippen molar-refractivity contribution in [3.05, 3.63) is 45.9 Å². The molecule has 1 aromatic heterocycles. The van der Waals surface area contributed by atoms with E-state index in [1.54, 1.807) is 0 Å². The summed E-state index contributed by atoms with van der Waals surface area (Å²) in [7, 11) is 0. The van der Waals surface area contributed by atoms with Crippen LogP contribution in [0.1, 0.15) is 23.2 Å². The molecular formula is C19H23F3N6OS. The molecule has 3 N–H and O–H groups in total. The van der Waals surface area contributed by atoms with Crippen LogP contribution in [0.25, 0.3) is 0 Å². The van der Waals surface area contributed by atoms with Gasteiger partial charge in [-0.15, -0.1) is 11.3 Å². The number of hydrogen-bond acceptors (Lipinski definition) is 5. The van der Waals surface area contributed by atoms with Crippen molar-refractivity contribution in [1.82, 2.24) is 20.9 Å². The zero-order chi connectivity index (χ0) is 21.6. The lowest BCUT2D eigenvalue weighted by atomic mass is 10.2. The molecule has 0 saturated carbocycles. The Bertz CT molecular complexity index is 881. The van der Waals surface area contributed by atoms with Crippen molar-refractivity contribution in [2.75, 3.05) is 31.1 Å². The van der Waals surface area contributed by atoms with Gasteiger partial charge < -0.3 is 20.9 Å². The Balaban J connectivity index is 1.57. The lowest BCUT2D eigenvalue weighted by Crippen LogP contribution is -2.47. The first kappa shape index (κ1) is 21.9. The Morgan fingerprint density at radius 3 is 2.70 bits per heavy atom. The molecule has 0 atom stereocenters. The van der Waals surface area contributed by atoms with E-state index in [4.69, 9.17) is 0 Å². The van der Waals surface area contributed by atoms with Crippen LogP contribution in [0.4, 0.5) is 18.9 Å². The molecule has 0 aliphatic carbocycles. The molecule has 1 amide bonds. The second kappa shape index (κ2) is 9.79. The predicted molar refractivity (Wildman–Crippen MR) is 110 cm³/mol. The van der Waals surface area contributed by atoms with Crippen molar-refractivity contribution in [2.24, 2.45) is 4.99 Å². The van der Waals surface area contributed by atoms with E-state index in [0.29, 0.717) is 37.1 Å². The van der Waals surface area contributed by atoms with Gasteiger partial charge in [-0.1, -0.05) is 12.1 Å². The molecule has 1 saturated heterocycles. The lowest BCUT2D eigenvalue weighted by molar-refractivity contribution is -0.140. The first-order valence-electron chi connectivity index (χ1n) is 9.49. The molecule has 0 spiro atoms. The average Bonchev–Trinajstić information content (AvgIpc) is 3.20. The summed E-state index contributed by atoms with van der Waals surface area (Å²) in [4.78, 5) is 21.6. The number of hydrogen-bond donors (Lipinski definition) is 3. The first-order valence-corrected chi connectivity index (χ1v) is 10.4. The standard InChI is InChI=1S/C19H23F3N6OS/c1-2-23-18(26-10-17-27-15(12-30-17)19(20,21)22)25-9-13-3-5-14(6-4-13)28-8-7-24-16(29)11-28/h3-6,12H,2,7-11H2,1H3,(H,24,29)(H2,23,25,26). The van der Waals surface area contributed by atoms with Crippen molar-refractivity contribution in [3.8, 4) is 0 Å². The second-order valence-electron chi connectivity index (χ2n) is 6.61. The van der Waals surface area contributed by atoms with E-state index in [0.717, 1.165) is 34.5 Å². The number of alkyl halides is 3. The highest BCUT2D eigenvalue weighted by Crippen LogP contribution is 2.29. The second-order valence-corrected chi connectivity index (χ2v) is 7.55. The Labute approximate surface area is 176 Å². The lowest BCUT2D eigenvalue weighted by Gasteiger charge is -2.28. The molecule has 0 unspecified atom stereocenters. The number of aromatic nitrogens is 1. The summed E-state index contributed by atoms with van der Waals surface area (Å²) in [5.74, 6) is 0.511. The number of piperazine rings is 1. The van der Waals surface area contributed by atoms with E-state index in [1.165, 1.54) is 0 Å². The van der Waals surface area contributed by atoms with Gasteiger partial charge in [-0.05, 0) is 24.6 Å². The number of carbonyl (C=O) groups is 1. The monoisotopic (exact) mass is 440 g/mol. The first-order chi connectivity index (χ1) is 14.3. The van der Waals surface area contributed by atoms with Gasteiger partial charge in [-0.25, -0.2) is 9.98 Å². The molecule has 1 aromatic carbocycles. The summed E-state index contributed by atoms with van der Waals surface area (Å²) in [6.07, 6.45) is -4.43. The number of thiazole rings is 1. The van der Waals surface area contributed by atoms with E-state index in [9.17, 15) is 18.0 Å². The summed E-state index contributed by atoms with van der Waals surface area (Å²) in [5.41, 5.74) is 1.08. The number of benzene rings is 1. The molecule has 7 nitrogen and oxygen atoms in total. The summed E-state index contributed by atoms with van der Waals surface area (Å²) < 4.78 is 38.0. The van der Waals surface area contributed by atoms with Crippen LogP contribution < -0.4 is 20.9 Å². The minimum absolute atomic E-state index is 0.0128. The fraction of sp³-hybridized carbons (Fsp3) is 0.421. The zero-order valence-electron chi connectivity index (χ0n) is 16.4. The van der Waals surface area contributed by atoms with Gasteiger partial charge in [-0.2, -0.15) is 13.2 Å². The van der Waals surface area contributed by atoms with E-state index < -0.39 is 11.9 Å². The molecule has 2 heterocycles. The average molecular weight is 440 g/mol. The topological polar surface area (TPSA) is 81.7 Å². The van der Waals surface area contributed by atoms with Crippen LogP contribution in [-0.2, 0) is 24.1 Å². The summed E-state index contributed by atoms with van der Waals surface area (Å²) in [6, 6.07) is 7.81.